The molecule has 26 heavy (non-hydrogen) atoms. The van der Waals surface area contributed by atoms with Crippen molar-refractivity contribution in [1.82, 2.24) is 19.3 Å². The minimum Gasteiger partial charge on any atom is -0.288 e. The molecule has 0 saturated carbocycles. The van der Waals surface area contributed by atoms with Crippen LogP contribution in [0, 0.1) is 0 Å². The molecule has 4 aromatic rings. The number of rotatable bonds is 3. The normalized spacial score (nSPS) is 18.7. The van der Waals surface area contributed by atoms with Gasteiger partial charge in [0, 0.05) is 24.2 Å². The Labute approximate surface area is 158 Å². The minimum atomic E-state index is -0.000188. The maximum Gasteiger partial charge on any atom is 0.258 e. The molecule has 5 nitrogen and oxygen atoms in total. The first-order chi connectivity index (χ1) is 12.8. The van der Waals surface area contributed by atoms with Crippen LogP contribution in [0.15, 0.2) is 46.7 Å². The van der Waals surface area contributed by atoms with Crippen LogP contribution in [0.25, 0.3) is 15.2 Å². The molecular weight excluding hydrogens is 364 g/mol. The van der Waals surface area contributed by atoms with Gasteiger partial charge in [-0.3, -0.25) is 14.1 Å². The van der Waals surface area contributed by atoms with Crippen LogP contribution >= 0.6 is 22.7 Å². The summed E-state index contributed by atoms with van der Waals surface area (Å²) < 4.78 is 2.85. The molecule has 1 aromatic carbocycles. The second-order valence-corrected chi connectivity index (χ2v) is 8.58. The van der Waals surface area contributed by atoms with Crippen molar-refractivity contribution in [3.05, 3.63) is 63.0 Å². The molecule has 1 aliphatic heterocycles. The third-order valence-electron chi connectivity index (χ3n) is 4.93. The first kappa shape index (κ1) is 16.1. The summed E-state index contributed by atoms with van der Waals surface area (Å²) in [4.78, 5) is 25.0. The van der Waals surface area contributed by atoms with Crippen LogP contribution in [0.3, 0.4) is 0 Å². The van der Waals surface area contributed by atoms with Gasteiger partial charge >= 0.3 is 0 Å². The summed E-state index contributed by atoms with van der Waals surface area (Å²) in [6.07, 6.45) is 5.29. The summed E-state index contributed by atoms with van der Waals surface area (Å²) in [6, 6.07) is 10.3. The zero-order chi connectivity index (χ0) is 17.5. The van der Waals surface area contributed by atoms with Crippen molar-refractivity contribution < 1.29 is 0 Å². The highest BCUT2D eigenvalue weighted by atomic mass is 32.1. The summed E-state index contributed by atoms with van der Waals surface area (Å²) in [5.41, 5.74) is 1.93. The zero-order valence-electron chi connectivity index (χ0n) is 14.2. The van der Waals surface area contributed by atoms with Crippen LogP contribution in [-0.4, -0.2) is 25.8 Å². The molecular formula is C19H18N4OS2. The Kier molecular flexibility index (Phi) is 4.07. The number of nitrogens with zero attached hydrogens (tertiary/aromatic N) is 4. The molecule has 132 valence electrons. The van der Waals surface area contributed by atoms with Crippen molar-refractivity contribution >= 4 is 37.9 Å². The van der Waals surface area contributed by atoms with Gasteiger partial charge < -0.3 is 0 Å². The molecule has 7 heteroatoms. The largest absolute Gasteiger partial charge is 0.288 e. The summed E-state index contributed by atoms with van der Waals surface area (Å²) in [5, 5.41) is 3.08. The number of benzene rings is 1. The van der Waals surface area contributed by atoms with Gasteiger partial charge in [0.05, 0.1) is 22.0 Å². The molecule has 3 aromatic heterocycles. The van der Waals surface area contributed by atoms with Crippen LogP contribution in [0.1, 0.15) is 36.0 Å². The average Bonchev–Trinajstić information content (AvgIpc) is 3.29. The Bertz CT molecular complexity index is 1100. The quantitative estimate of drug-likeness (QED) is 0.535. The monoisotopic (exact) mass is 382 g/mol. The van der Waals surface area contributed by atoms with Gasteiger partial charge in [-0.2, -0.15) is 0 Å². The molecule has 0 bridgehead atoms. The summed E-state index contributed by atoms with van der Waals surface area (Å²) in [7, 11) is 0. The Morgan fingerprint density at radius 2 is 2.12 bits per heavy atom. The second-order valence-electron chi connectivity index (χ2n) is 6.64. The van der Waals surface area contributed by atoms with Crippen LogP contribution < -0.4 is 5.56 Å². The van der Waals surface area contributed by atoms with Crippen LogP contribution in [0.4, 0.5) is 0 Å². The van der Waals surface area contributed by atoms with E-state index in [1.807, 2.05) is 11.4 Å². The maximum absolute atomic E-state index is 12.3. The molecule has 0 aliphatic carbocycles. The van der Waals surface area contributed by atoms with Gasteiger partial charge in [-0.1, -0.05) is 18.6 Å². The lowest BCUT2D eigenvalue weighted by Gasteiger charge is -2.34. The SMILES string of the molecule is O=c1cc(CN2CCCCC2c2nc3ccccc3s2)nc2sccn12. The second kappa shape index (κ2) is 6.57. The number of hydrogen-bond acceptors (Lipinski definition) is 6. The van der Waals surface area contributed by atoms with Crippen LogP contribution in [0.5, 0.6) is 0 Å². The van der Waals surface area contributed by atoms with Crippen molar-refractivity contribution in [3.63, 3.8) is 0 Å². The van der Waals surface area contributed by atoms with Crippen molar-refractivity contribution in [2.75, 3.05) is 6.54 Å². The molecule has 0 spiro atoms. The van der Waals surface area contributed by atoms with E-state index >= 15 is 0 Å². The van der Waals surface area contributed by atoms with Gasteiger partial charge in [-0.05, 0) is 31.5 Å². The van der Waals surface area contributed by atoms with Gasteiger partial charge in [-0.15, -0.1) is 22.7 Å². The third kappa shape index (κ3) is 2.86. The van der Waals surface area contributed by atoms with Gasteiger partial charge in [0.25, 0.3) is 5.56 Å². The van der Waals surface area contributed by atoms with Crippen molar-refractivity contribution in [2.24, 2.45) is 0 Å². The summed E-state index contributed by atoms with van der Waals surface area (Å²) in [5.74, 6) is 0. The lowest BCUT2D eigenvalue weighted by atomic mass is 10.0. The van der Waals surface area contributed by atoms with Crippen molar-refractivity contribution in [1.29, 1.82) is 0 Å². The van der Waals surface area contributed by atoms with Crippen molar-refractivity contribution in [3.8, 4) is 0 Å². The zero-order valence-corrected chi connectivity index (χ0v) is 15.8. The molecule has 1 aliphatic rings. The van der Waals surface area contributed by atoms with Crippen LogP contribution in [0.2, 0.25) is 0 Å². The van der Waals surface area contributed by atoms with Crippen LogP contribution in [-0.2, 0) is 6.54 Å². The first-order valence-electron chi connectivity index (χ1n) is 8.83. The first-order valence-corrected chi connectivity index (χ1v) is 10.5. The van der Waals surface area contributed by atoms with E-state index in [1.54, 1.807) is 28.0 Å². The summed E-state index contributed by atoms with van der Waals surface area (Å²) in [6.45, 7) is 1.72. The number of likely N-dealkylation sites (tertiary alicyclic amines) is 1. The van der Waals surface area contributed by atoms with Gasteiger partial charge in [0.15, 0.2) is 4.96 Å². The summed E-state index contributed by atoms with van der Waals surface area (Å²) >= 11 is 3.29. The number of piperidine rings is 1. The van der Waals surface area contributed by atoms with Gasteiger partial charge in [0.2, 0.25) is 0 Å². The molecule has 5 rings (SSSR count). The smallest absolute Gasteiger partial charge is 0.258 e. The predicted octanol–water partition coefficient (Wildman–Crippen LogP) is 4.09. The third-order valence-corrected chi connectivity index (χ3v) is 6.82. The highest BCUT2D eigenvalue weighted by molar-refractivity contribution is 7.18. The lowest BCUT2D eigenvalue weighted by molar-refractivity contribution is 0.138. The molecule has 1 fully saturated rings. The highest BCUT2D eigenvalue weighted by Crippen LogP contribution is 2.36. The fourth-order valence-corrected chi connectivity index (χ4v) is 5.55. The average molecular weight is 383 g/mol. The number of thiazole rings is 2. The number of para-hydroxylation sites is 1. The molecule has 0 amide bonds. The van der Waals surface area contributed by atoms with E-state index in [0.717, 1.165) is 29.1 Å². The Balaban J connectivity index is 1.48. The number of fused-ring (bicyclic) bond motifs is 2. The molecule has 0 N–H and O–H groups in total. The number of aromatic nitrogens is 3. The Morgan fingerprint density at radius 1 is 1.19 bits per heavy atom. The Morgan fingerprint density at radius 3 is 3.04 bits per heavy atom. The van der Waals surface area contributed by atoms with E-state index in [9.17, 15) is 4.79 Å². The van der Waals surface area contributed by atoms with E-state index in [0.29, 0.717) is 12.6 Å². The molecule has 1 unspecified atom stereocenters. The van der Waals surface area contributed by atoms with E-state index in [4.69, 9.17) is 4.98 Å². The van der Waals surface area contributed by atoms with E-state index in [1.165, 1.54) is 33.9 Å². The fourth-order valence-electron chi connectivity index (χ4n) is 3.67. The molecule has 4 heterocycles. The lowest BCUT2D eigenvalue weighted by Crippen LogP contribution is -2.33. The minimum absolute atomic E-state index is 0.000188. The van der Waals surface area contributed by atoms with E-state index in [2.05, 4.69) is 28.1 Å². The molecule has 1 atom stereocenters. The maximum atomic E-state index is 12.3. The molecule has 1 saturated heterocycles. The topological polar surface area (TPSA) is 50.5 Å². The van der Waals surface area contributed by atoms with Gasteiger partial charge in [0.1, 0.15) is 5.01 Å². The predicted molar refractivity (Wildman–Crippen MR) is 106 cm³/mol. The standard InChI is InChI=1S/C19H18N4OS2/c24-17-11-13(20-19-23(17)9-10-25-19)12-22-8-4-3-6-15(22)18-21-14-5-1-2-7-16(14)26-18/h1-2,5,7,9-11,15H,3-4,6,8,12H2. The fraction of sp³-hybridized carbons (Fsp3) is 0.316. The Hall–Kier alpha value is -2.09. The van der Waals surface area contributed by atoms with Crippen molar-refractivity contribution in [2.45, 2.75) is 31.8 Å². The molecule has 0 radical (unpaired) electrons. The number of hydrogen-bond donors (Lipinski definition) is 0. The van der Waals surface area contributed by atoms with Gasteiger partial charge in [-0.25, -0.2) is 9.97 Å². The highest BCUT2D eigenvalue weighted by Gasteiger charge is 2.27. The van der Waals surface area contributed by atoms with E-state index < -0.39 is 0 Å². The van der Waals surface area contributed by atoms with E-state index in [-0.39, 0.29) is 5.56 Å².